The van der Waals surface area contributed by atoms with E-state index in [9.17, 15) is 9.59 Å². The van der Waals surface area contributed by atoms with Crippen molar-refractivity contribution in [1.82, 2.24) is 0 Å². The standard InChI is InChI=1S/C11H10N2O2/c1-8(14)9-2-4-10(5-3-9)13-11(15)6-7-12-13/h2-5,7H,6H2,1H3. The van der Waals surface area contributed by atoms with E-state index in [1.54, 1.807) is 30.5 Å². The van der Waals surface area contributed by atoms with Crippen molar-refractivity contribution >= 4 is 23.6 Å². The molecule has 1 aromatic rings. The van der Waals surface area contributed by atoms with Crippen LogP contribution < -0.4 is 5.01 Å². The summed E-state index contributed by atoms with van der Waals surface area (Å²) in [6, 6.07) is 6.83. The number of rotatable bonds is 2. The molecular formula is C11H10N2O2. The number of anilines is 1. The van der Waals surface area contributed by atoms with Gasteiger partial charge in [0.1, 0.15) is 0 Å². The predicted molar refractivity (Wildman–Crippen MR) is 57.0 cm³/mol. The van der Waals surface area contributed by atoms with Crippen LogP contribution in [0, 0.1) is 0 Å². The molecule has 0 saturated heterocycles. The largest absolute Gasteiger partial charge is 0.295 e. The fourth-order valence-electron chi connectivity index (χ4n) is 1.40. The SMILES string of the molecule is CC(=O)c1ccc(N2N=CCC2=O)cc1. The summed E-state index contributed by atoms with van der Waals surface area (Å²) in [6.45, 7) is 1.51. The maximum absolute atomic E-state index is 11.3. The third kappa shape index (κ3) is 1.79. The normalized spacial score (nSPS) is 14.7. The first-order valence-corrected chi connectivity index (χ1v) is 4.65. The highest BCUT2D eigenvalue weighted by Gasteiger charge is 2.18. The Labute approximate surface area is 87.2 Å². The van der Waals surface area contributed by atoms with Gasteiger partial charge in [-0.15, -0.1) is 0 Å². The van der Waals surface area contributed by atoms with Gasteiger partial charge < -0.3 is 0 Å². The minimum absolute atomic E-state index is 0.0119. The highest BCUT2D eigenvalue weighted by molar-refractivity contribution is 6.05. The van der Waals surface area contributed by atoms with E-state index in [1.807, 2.05) is 0 Å². The summed E-state index contributed by atoms with van der Waals surface area (Å²) < 4.78 is 0. The minimum Gasteiger partial charge on any atom is -0.295 e. The maximum atomic E-state index is 11.3. The molecular weight excluding hydrogens is 192 g/mol. The van der Waals surface area contributed by atoms with Crippen LogP contribution in [0.1, 0.15) is 23.7 Å². The Bertz CT molecular complexity index is 434. The van der Waals surface area contributed by atoms with Crippen molar-refractivity contribution in [1.29, 1.82) is 0 Å². The Morgan fingerprint density at radius 2 is 2.00 bits per heavy atom. The van der Waals surface area contributed by atoms with E-state index >= 15 is 0 Å². The summed E-state index contributed by atoms with van der Waals surface area (Å²) in [4.78, 5) is 22.4. The van der Waals surface area contributed by atoms with Gasteiger partial charge in [0, 0.05) is 11.8 Å². The summed E-state index contributed by atoms with van der Waals surface area (Å²) in [6.07, 6.45) is 1.91. The van der Waals surface area contributed by atoms with Crippen LogP contribution in [0.2, 0.25) is 0 Å². The average Bonchev–Trinajstić information content (AvgIpc) is 2.65. The predicted octanol–water partition coefficient (Wildman–Crippen LogP) is 1.61. The van der Waals surface area contributed by atoms with E-state index in [-0.39, 0.29) is 11.7 Å². The molecule has 1 aliphatic heterocycles. The minimum atomic E-state index is -0.0504. The molecule has 0 aromatic heterocycles. The summed E-state index contributed by atoms with van der Waals surface area (Å²) in [5.41, 5.74) is 1.33. The Morgan fingerprint density at radius 1 is 1.33 bits per heavy atom. The lowest BCUT2D eigenvalue weighted by Crippen LogP contribution is -2.19. The number of carbonyl (C=O) groups is 2. The number of hydrogen-bond donors (Lipinski definition) is 0. The summed E-state index contributed by atoms with van der Waals surface area (Å²) in [7, 11) is 0. The Kier molecular flexibility index (Phi) is 2.33. The Morgan fingerprint density at radius 3 is 2.47 bits per heavy atom. The van der Waals surface area contributed by atoms with Gasteiger partial charge in [-0.2, -0.15) is 5.10 Å². The number of benzene rings is 1. The van der Waals surface area contributed by atoms with E-state index in [0.29, 0.717) is 17.7 Å². The van der Waals surface area contributed by atoms with E-state index in [4.69, 9.17) is 0 Å². The molecule has 0 fully saturated rings. The number of hydrogen-bond acceptors (Lipinski definition) is 3. The third-order valence-corrected chi connectivity index (χ3v) is 2.22. The Hall–Kier alpha value is -1.97. The monoisotopic (exact) mass is 202 g/mol. The van der Waals surface area contributed by atoms with Gasteiger partial charge in [0.15, 0.2) is 5.78 Å². The first-order chi connectivity index (χ1) is 7.18. The molecule has 1 aliphatic rings. The molecule has 1 aromatic carbocycles. The molecule has 1 amide bonds. The van der Waals surface area contributed by atoms with Crippen LogP contribution in [0.25, 0.3) is 0 Å². The number of amides is 1. The number of nitrogens with zero attached hydrogens (tertiary/aromatic N) is 2. The molecule has 0 aliphatic carbocycles. The lowest BCUT2D eigenvalue weighted by Gasteiger charge is -2.11. The number of carbonyl (C=O) groups excluding carboxylic acids is 2. The quantitative estimate of drug-likeness (QED) is 0.684. The molecule has 0 bridgehead atoms. The summed E-state index contributed by atoms with van der Waals surface area (Å²) in [5.74, 6) is -0.0385. The zero-order valence-corrected chi connectivity index (χ0v) is 8.30. The second-order valence-electron chi connectivity index (χ2n) is 3.31. The topological polar surface area (TPSA) is 49.7 Å². The second-order valence-corrected chi connectivity index (χ2v) is 3.31. The highest BCUT2D eigenvalue weighted by atomic mass is 16.2. The maximum Gasteiger partial charge on any atom is 0.252 e. The van der Waals surface area contributed by atoms with E-state index in [2.05, 4.69) is 5.10 Å². The zero-order chi connectivity index (χ0) is 10.8. The second kappa shape index (κ2) is 3.65. The fourth-order valence-corrected chi connectivity index (χ4v) is 1.40. The van der Waals surface area contributed by atoms with Crippen molar-refractivity contribution in [2.75, 3.05) is 5.01 Å². The van der Waals surface area contributed by atoms with Crippen molar-refractivity contribution in [3.63, 3.8) is 0 Å². The number of ketones is 1. The van der Waals surface area contributed by atoms with Crippen LogP contribution in [0.3, 0.4) is 0 Å². The van der Waals surface area contributed by atoms with Crippen molar-refractivity contribution in [2.24, 2.45) is 5.10 Å². The van der Waals surface area contributed by atoms with Crippen molar-refractivity contribution in [3.05, 3.63) is 29.8 Å². The fraction of sp³-hybridized carbons (Fsp3) is 0.182. The first-order valence-electron chi connectivity index (χ1n) is 4.65. The van der Waals surface area contributed by atoms with Gasteiger partial charge in [0.05, 0.1) is 12.1 Å². The molecule has 0 atom stereocenters. The van der Waals surface area contributed by atoms with E-state index < -0.39 is 0 Å². The van der Waals surface area contributed by atoms with Gasteiger partial charge in [0.25, 0.3) is 5.91 Å². The molecule has 15 heavy (non-hydrogen) atoms. The lowest BCUT2D eigenvalue weighted by atomic mass is 10.1. The van der Waals surface area contributed by atoms with Gasteiger partial charge >= 0.3 is 0 Å². The summed E-state index contributed by atoms with van der Waals surface area (Å²) >= 11 is 0. The van der Waals surface area contributed by atoms with Gasteiger partial charge in [0.2, 0.25) is 0 Å². The van der Waals surface area contributed by atoms with E-state index in [1.165, 1.54) is 11.9 Å². The van der Waals surface area contributed by atoms with Crippen LogP contribution in [0.15, 0.2) is 29.4 Å². The van der Waals surface area contributed by atoms with Gasteiger partial charge in [-0.05, 0) is 31.2 Å². The smallest absolute Gasteiger partial charge is 0.252 e. The Balaban J connectivity index is 2.27. The zero-order valence-electron chi connectivity index (χ0n) is 8.30. The molecule has 0 spiro atoms. The third-order valence-electron chi connectivity index (χ3n) is 2.22. The molecule has 4 nitrogen and oxygen atoms in total. The van der Waals surface area contributed by atoms with Crippen LogP contribution in [0.5, 0.6) is 0 Å². The first kappa shape index (κ1) is 9.58. The van der Waals surface area contributed by atoms with Gasteiger partial charge in [-0.25, -0.2) is 5.01 Å². The van der Waals surface area contributed by atoms with Crippen LogP contribution in [-0.4, -0.2) is 17.9 Å². The molecule has 4 heteroatoms. The molecule has 2 rings (SSSR count). The molecule has 0 N–H and O–H groups in total. The summed E-state index contributed by atoms with van der Waals surface area (Å²) in [5, 5.41) is 5.27. The van der Waals surface area contributed by atoms with Crippen molar-refractivity contribution < 1.29 is 9.59 Å². The van der Waals surface area contributed by atoms with E-state index in [0.717, 1.165) is 0 Å². The van der Waals surface area contributed by atoms with Crippen LogP contribution >= 0.6 is 0 Å². The molecule has 76 valence electrons. The molecule has 0 unspecified atom stereocenters. The van der Waals surface area contributed by atoms with Gasteiger partial charge in [-0.3, -0.25) is 9.59 Å². The average molecular weight is 202 g/mol. The lowest BCUT2D eigenvalue weighted by molar-refractivity contribution is -0.116. The number of hydrazone groups is 1. The van der Waals surface area contributed by atoms with Crippen molar-refractivity contribution in [3.8, 4) is 0 Å². The molecule has 1 heterocycles. The number of Topliss-reactive ketones (excluding diaryl/α,β-unsaturated/α-hetero) is 1. The van der Waals surface area contributed by atoms with Crippen LogP contribution in [-0.2, 0) is 4.79 Å². The molecule has 0 saturated carbocycles. The van der Waals surface area contributed by atoms with Crippen LogP contribution in [0.4, 0.5) is 5.69 Å². The van der Waals surface area contributed by atoms with Gasteiger partial charge in [-0.1, -0.05) is 0 Å². The molecule has 0 radical (unpaired) electrons. The highest BCUT2D eigenvalue weighted by Crippen LogP contribution is 2.19. The van der Waals surface area contributed by atoms with Crippen molar-refractivity contribution in [2.45, 2.75) is 13.3 Å².